The lowest BCUT2D eigenvalue weighted by Gasteiger charge is -2.14. The van der Waals surface area contributed by atoms with Crippen LogP contribution in [-0.2, 0) is 11.3 Å². The molecule has 0 radical (unpaired) electrons. The monoisotopic (exact) mass is 531 g/mol. The zero-order valence-corrected chi connectivity index (χ0v) is 20.4. The zero-order chi connectivity index (χ0) is 25.1. The predicted octanol–water partition coefficient (Wildman–Crippen LogP) is 6.60. The molecule has 2 amide bonds. The van der Waals surface area contributed by atoms with Gasteiger partial charge in [-0.3, -0.25) is 14.5 Å². The van der Waals surface area contributed by atoms with E-state index in [1.165, 1.54) is 31.4 Å². The fourth-order valence-electron chi connectivity index (χ4n) is 3.29. The van der Waals surface area contributed by atoms with Crippen LogP contribution < -0.4 is 9.47 Å². The maximum atomic E-state index is 13.3. The van der Waals surface area contributed by atoms with E-state index < -0.39 is 22.9 Å². The maximum Gasteiger partial charge on any atom is 0.345 e. The van der Waals surface area contributed by atoms with Crippen LogP contribution >= 0.6 is 35.0 Å². The molecular formula is C25H16Cl2FNO5S. The summed E-state index contributed by atoms with van der Waals surface area (Å²) in [6, 6.07) is 15.0. The lowest BCUT2D eigenvalue weighted by atomic mass is 10.1. The van der Waals surface area contributed by atoms with Gasteiger partial charge in [0, 0.05) is 10.6 Å². The van der Waals surface area contributed by atoms with Crippen molar-refractivity contribution >= 4 is 58.2 Å². The molecule has 0 atom stereocenters. The third-order valence-electron chi connectivity index (χ3n) is 5.02. The Hall–Kier alpha value is -3.33. The molecule has 10 heteroatoms. The van der Waals surface area contributed by atoms with Crippen molar-refractivity contribution in [3.05, 3.63) is 98.1 Å². The Morgan fingerprint density at radius 1 is 1.06 bits per heavy atom. The van der Waals surface area contributed by atoms with Gasteiger partial charge in [0.2, 0.25) is 0 Å². The molecule has 1 fully saturated rings. The highest BCUT2D eigenvalue weighted by atomic mass is 35.5. The number of halogens is 3. The van der Waals surface area contributed by atoms with Crippen LogP contribution in [0.5, 0.6) is 11.5 Å². The lowest BCUT2D eigenvalue weighted by molar-refractivity contribution is -0.123. The van der Waals surface area contributed by atoms with Gasteiger partial charge >= 0.3 is 5.97 Å². The summed E-state index contributed by atoms with van der Waals surface area (Å²) in [6.45, 7) is -0.117. The molecule has 1 aliphatic heterocycles. The molecule has 3 aromatic rings. The van der Waals surface area contributed by atoms with Crippen molar-refractivity contribution in [1.29, 1.82) is 0 Å². The normalized spacial score (nSPS) is 14.5. The van der Waals surface area contributed by atoms with Crippen molar-refractivity contribution in [1.82, 2.24) is 4.90 Å². The van der Waals surface area contributed by atoms with Crippen LogP contribution in [0.3, 0.4) is 0 Å². The Kier molecular flexibility index (Phi) is 7.45. The van der Waals surface area contributed by atoms with Crippen molar-refractivity contribution in [3.63, 3.8) is 0 Å². The van der Waals surface area contributed by atoms with E-state index in [1.807, 2.05) is 0 Å². The van der Waals surface area contributed by atoms with Crippen molar-refractivity contribution in [3.8, 4) is 11.5 Å². The van der Waals surface area contributed by atoms with Gasteiger partial charge in [-0.25, -0.2) is 9.18 Å². The number of esters is 1. The lowest BCUT2D eigenvalue weighted by Crippen LogP contribution is -2.27. The first-order chi connectivity index (χ1) is 16.8. The van der Waals surface area contributed by atoms with Gasteiger partial charge in [-0.2, -0.15) is 0 Å². The number of para-hydroxylation sites is 1. The van der Waals surface area contributed by atoms with Gasteiger partial charge < -0.3 is 9.47 Å². The molecule has 0 aliphatic carbocycles. The minimum absolute atomic E-state index is 0.0632. The highest BCUT2D eigenvalue weighted by Crippen LogP contribution is 2.38. The smallest absolute Gasteiger partial charge is 0.345 e. The number of nitrogens with zero attached hydrogens (tertiary/aromatic N) is 1. The molecule has 6 nitrogen and oxygen atoms in total. The summed E-state index contributed by atoms with van der Waals surface area (Å²) in [5.41, 5.74) is 0.921. The topological polar surface area (TPSA) is 72.9 Å². The van der Waals surface area contributed by atoms with Gasteiger partial charge in [0.25, 0.3) is 11.1 Å². The molecule has 0 bridgehead atoms. The second-order valence-corrected chi connectivity index (χ2v) is 9.06. The van der Waals surface area contributed by atoms with Crippen molar-refractivity contribution in [2.45, 2.75) is 6.54 Å². The van der Waals surface area contributed by atoms with Crippen LogP contribution in [0.1, 0.15) is 21.5 Å². The van der Waals surface area contributed by atoms with E-state index in [1.54, 1.807) is 36.4 Å². The molecular weight excluding hydrogens is 516 g/mol. The number of ether oxygens (including phenoxy) is 2. The van der Waals surface area contributed by atoms with Crippen LogP contribution in [0.15, 0.2) is 65.6 Å². The molecule has 1 aliphatic rings. The minimum atomic E-state index is -0.714. The summed E-state index contributed by atoms with van der Waals surface area (Å²) in [5, 5.41) is -0.191. The van der Waals surface area contributed by atoms with E-state index in [9.17, 15) is 18.8 Å². The van der Waals surface area contributed by atoms with Crippen LogP contribution in [0.2, 0.25) is 10.0 Å². The molecule has 35 heavy (non-hydrogen) atoms. The van der Waals surface area contributed by atoms with E-state index in [0.717, 1.165) is 22.7 Å². The van der Waals surface area contributed by atoms with Gasteiger partial charge in [-0.05, 0) is 53.7 Å². The summed E-state index contributed by atoms with van der Waals surface area (Å²) >= 11 is 12.9. The van der Waals surface area contributed by atoms with E-state index in [-0.39, 0.29) is 38.6 Å². The Morgan fingerprint density at radius 2 is 1.83 bits per heavy atom. The molecule has 3 aromatic carbocycles. The van der Waals surface area contributed by atoms with E-state index in [2.05, 4.69) is 0 Å². The molecule has 0 saturated carbocycles. The number of benzene rings is 3. The van der Waals surface area contributed by atoms with Crippen molar-refractivity contribution in [2.24, 2.45) is 0 Å². The fraction of sp³-hybridized carbons (Fsp3) is 0.0800. The Labute approximate surface area is 214 Å². The number of hydrogen-bond acceptors (Lipinski definition) is 6. The average Bonchev–Trinajstić information content (AvgIpc) is 3.09. The van der Waals surface area contributed by atoms with E-state index >= 15 is 0 Å². The third kappa shape index (κ3) is 5.35. The van der Waals surface area contributed by atoms with Crippen LogP contribution in [-0.4, -0.2) is 29.1 Å². The second-order valence-electron chi connectivity index (χ2n) is 7.25. The number of amides is 2. The standard InChI is InChI=1S/C25H16Cl2FNO5S/c1-33-20-8-4-5-14(22(20)34-24(31)17-6-2-3-7-18(17)26)11-21-23(30)29(25(32)35-21)13-15-9-10-16(28)12-19(15)27/h2-12H,13H2,1H3/b21-11-. The largest absolute Gasteiger partial charge is 0.493 e. The van der Waals surface area contributed by atoms with Crippen LogP contribution in [0, 0.1) is 5.82 Å². The number of rotatable bonds is 6. The number of thioether (sulfide) groups is 1. The highest BCUT2D eigenvalue weighted by molar-refractivity contribution is 8.18. The summed E-state index contributed by atoms with van der Waals surface area (Å²) in [7, 11) is 1.41. The van der Waals surface area contributed by atoms with Crippen LogP contribution in [0.4, 0.5) is 9.18 Å². The van der Waals surface area contributed by atoms with E-state index in [4.69, 9.17) is 32.7 Å². The first-order valence-electron chi connectivity index (χ1n) is 10.1. The first-order valence-corrected chi connectivity index (χ1v) is 11.7. The second kappa shape index (κ2) is 10.5. The Morgan fingerprint density at radius 3 is 2.54 bits per heavy atom. The average molecular weight is 532 g/mol. The summed E-state index contributed by atoms with van der Waals surface area (Å²) in [6.07, 6.45) is 1.44. The number of imide groups is 1. The highest BCUT2D eigenvalue weighted by Gasteiger charge is 2.35. The SMILES string of the molecule is COc1cccc(/C=C2\SC(=O)N(Cc3ccc(F)cc3Cl)C2=O)c1OC(=O)c1ccccc1Cl. The van der Waals surface area contributed by atoms with Gasteiger partial charge in [-0.15, -0.1) is 0 Å². The minimum Gasteiger partial charge on any atom is -0.493 e. The summed E-state index contributed by atoms with van der Waals surface area (Å²) in [4.78, 5) is 39.4. The third-order valence-corrected chi connectivity index (χ3v) is 6.61. The van der Waals surface area contributed by atoms with Crippen LogP contribution in [0.25, 0.3) is 6.08 Å². The number of carbonyl (C=O) groups excluding carboxylic acids is 3. The first kappa shape index (κ1) is 24.8. The molecule has 0 unspecified atom stereocenters. The van der Waals surface area contributed by atoms with Gasteiger partial charge in [-0.1, -0.05) is 53.5 Å². The molecule has 178 valence electrons. The molecule has 0 aromatic heterocycles. The van der Waals surface area contributed by atoms with Gasteiger partial charge in [0.15, 0.2) is 11.5 Å². The maximum absolute atomic E-state index is 13.3. The number of methoxy groups -OCH3 is 1. The molecule has 0 N–H and O–H groups in total. The molecule has 4 rings (SSSR count). The Balaban J connectivity index is 1.64. The quantitative estimate of drug-likeness (QED) is 0.203. The van der Waals surface area contributed by atoms with Crippen molar-refractivity contribution < 1.29 is 28.2 Å². The molecule has 1 heterocycles. The fourth-order valence-corrected chi connectivity index (χ4v) is 4.56. The summed E-state index contributed by atoms with van der Waals surface area (Å²) in [5.74, 6) is -1.49. The summed E-state index contributed by atoms with van der Waals surface area (Å²) < 4.78 is 24.3. The molecule has 1 saturated heterocycles. The zero-order valence-electron chi connectivity index (χ0n) is 18.1. The molecule has 0 spiro atoms. The van der Waals surface area contributed by atoms with E-state index in [0.29, 0.717) is 11.1 Å². The Bertz CT molecular complexity index is 1380. The number of carbonyl (C=O) groups is 3. The number of hydrogen-bond donors (Lipinski definition) is 0. The van der Waals surface area contributed by atoms with Gasteiger partial charge in [0.05, 0.1) is 29.1 Å². The predicted molar refractivity (Wildman–Crippen MR) is 132 cm³/mol. The van der Waals surface area contributed by atoms with Crippen molar-refractivity contribution in [2.75, 3.05) is 7.11 Å². The van der Waals surface area contributed by atoms with Gasteiger partial charge in [0.1, 0.15) is 5.82 Å².